The van der Waals surface area contributed by atoms with Crippen LogP contribution in [0.5, 0.6) is 5.88 Å². The van der Waals surface area contributed by atoms with Gasteiger partial charge >= 0.3 is 0 Å². The SMILES string of the molecule is COc1ncccc1CN(C)C[C@@H]1CCCN(C)[C@H]1c1cncn1C. The lowest BCUT2D eigenvalue weighted by atomic mass is 9.87. The zero-order chi connectivity index (χ0) is 17.8. The van der Waals surface area contributed by atoms with Gasteiger partial charge in [0.15, 0.2) is 0 Å². The molecule has 0 N–H and O–H groups in total. The van der Waals surface area contributed by atoms with Gasteiger partial charge in [0.25, 0.3) is 0 Å². The predicted molar refractivity (Wildman–Crippen MR) is 98.4 cm³/mol. The lowest BCUT2D eigenvalue weighted by molar-refractivity contribution is 0.0877. The lowest BCUT2D eigenvalue weighted by Crippen LogP contribution is -2.41. The van der Waals surface area contributed by atoms with Crippen LogP contribution in [0.2, 0.25) is 0 Å². The van der Waals surface area contributed by atoms with Crippen molar-refractivity contribution in [3.63, 3.8) is 0 Å². The van der Waals surface area contributed by atoms with Crippen LogP contribution in [-0.4, -0.2) is 58.6 Å². The Morgan fingerprint density at radius 3 is 2.92 bits per heavy atom. The molecule has 6 nitrogen and oxygen atoms in total. The maximum Gasteiger partial charge on any atom is 0.217 e. The van der Waals surface area contributed by atoms with Gasteiger partial charge in [0.2, 0.25) is 5.88 Å². The van der Waals surface area contributed by atoms with Crippen molar-refractivity contribution in [2.45, 2.75) is 25.4 Å². The van der Waals surface area contributed by atoms with E-state index >= 15 is 0 Å². The number of piperidine rings is 1. The molecular weight excluding hydrogens is 314 g/mol. The number of aromatic nitrogens is 3. The number of likely N-dealkylation sites (tertiary alicyclic amines) is 1. The quantitative estimate of drug-likeness (QED) is 0.806. The van der Waals surface area contributed by atoms with Crippen molar-refractivity contribution in [1.29, 1.82) is 0 Å². The first-order valence-corrected chi connectivity index (χ1v) is 8.93. The van der Waals surface area contributed by atoms with Crippen LogP contribution in [0.4, 0.5) is 0 Å². The number of imidazole rings is 1. The molecule has 2 aromatic heterocycles. The fraction of sp³-hybridized carbons (Fsp3) is 0.579. The van der Waals surface area contributed by atoms with Gasteiger partial charge < -0.3 is 14.2 Å². The van der Waals surface area contributed by atoms with Gasteiger partial charge in [0, 0.05) is 38.1 Å². The molecule has 0 unspecified atom stereocenters. The van der Waals surface area contributed by atoms with Crippen LogP contribution in [0, 0.1) is 5.92 Å². The monoisotopic (exact) mass is 343 g/mol. The van der Waals surface area contributed by atoms with Gasteiger partial charge in [-0.25, -0.2) is 9.97 Å². The molecule has 0 spiro atoms. The molecule has 0 radical (unpaired) electrons. The van der Waals surface area contributed by atoms with Crippen LogP contribution in [0.25, 0.3) is 0 Å². The topological polar surface area (TPSA) is 46.4 Å². The minimum atomic E-state index is 0.416. The summed E-state index contributed by atoms with van der Waals surface area (Å²) in [6, 6.07) is 4.48. The third-order valence-corrected chi connectivity index (χ3v) is 5.19. The van der Waals surface area contributed by atoms with Crippen molar-refractivity contribution in [3.8, 4) is 5.88 Å². The molecule has 6 heteroatoms. The van der Waals surface area contributed by atoms with E-state index in [1.165, 1.54) is 18.5 Å². The second-order valence-electron chi connectivity index (χ2n) is 7.13. The molecule has 3 heterocycles. The van der Waals surface area contributed by atoms with Crippen LogP contribution in [0.1, 0.15) is 30.1 Å². The second-order valence-corrected chi connectivity index (χ2v) is 7.13. The number of rotatable bonds is 6. The largest absolute Gasteiger partial charge is 0.481 e. The molecule has 0 aliphatic carbocycles. The molecule has 25 heavy (non-hydrogen) atoms. The Kier molecular flexibility index (Phi) is 5.71. The summed E-state index contributed by atoms with van der Waals surface area (Å²) in [4.78, 5) is 13.5. The summed E-state index contributed by atoms with van der Waals surface area (Å²) in [7, 11) is 8.18. The smallest absolute Gasteiger partial charge is 0.217 e. The fourth-order valence-electron chi connectivity index (χ4n) is 4.05. The maximum atomic E-state index is 5.39. The Labute approximate surface area is 150 Å². The van der Waals surface area contributed by atoms with Crippen LogP contribution in [0.15, 0.2) is 30.9 Å². The summed E-state index contributed by atoms with van der Waals surface area (Å²) in [5.41, 5.74) is 2.44. The summed E-state index contributed by atoms with van der Waals surface area (Å²) in [6.45, 7) is 3.03. The van der Waals surface area contributed by atoms with Crippen LogP contribution >= 0.6 is 0 Å². The van der Waals surface area contributed by atoms with Crippen molar-refractivity contribution < 1.29 is 4.74 Å². The van der Waals surface area contributed by atoms with E-state index in [4.69, 9.17) is 4.74 Å². The number of ether oxygens (including phenoxy) is 1. The Hall–Kier alpha value is -1.92. The van der Waals surface area contributed by atoms with E-state index in [-0.39, 0.29) is 0 Å². The minimum absolute atomic E-state index is 0.416. The highest BCUT2D eigenvalue weighted by Gasteiger charge is 2.33. The zero-order valence-corrected chi connectivity index (χ0v) is 15.7. The molecule has 2 atom stereocenters. The number of aryl methyl sites for hydroxylation is 1. The standard InChI is InChI=1S/C19H29N5O/c1-22(13-16-7-5-9-21-19(16)25-4)12-15-8-6-10-23(2)18(15)17-11-20-14-24(17)3/h5,7,9,11,14-15,18H,6,8,10,12-13H2,1-4H3/t15-,18+/m0/s1. The number of pyridine rings is 1. The van der Waals surface area contributed by atoms with E-state index in [9.17, 15) is 0 Å². The summed E-state index contributed by atoms with van der Waals surface area (Å²) in [5.74, 6) is 1.31. The van der Waals surface area contributed by atoms with Crippen molar-refractivity contribution in [1.82, 2.24) is 24.3 Å². The molecule has 1 fully saturated rings. The van der Waals surface area contributed by atoms with Crippen molar-refractivity contribution in [2.24, 2.45) is 13.0 Å². The Morgan fingerprint density at radius 1 is 1.36 bits per heavy atom. The number of nitrogens with zero attached hydrogens (tertiary/aromatic N) is 5. The molecule has 136 valence electrons. The van der Waals surface area contributed by atoms with Crippen molar-refractivity contribution in [2.75, 3.05) is 34.3 Å². The first kappa shape index (κ1) is 17.9. The number of hydrogen-bond acceptors (Lipinski definition) is 5. The zero-order valence-electron chi connectivity index (χ0n) is 15.7. The van der Waals surface area contributed by atoms with Gasteiger partial charge in [0.1, 0.15) is 0 Å². The highest BCUT2D eigenvalue weighted by atomic mass is 16.5. The number of hydrogen-bond donors (Lipinski definition) is 0. The average molecular weight is 343 g/mol. The Bertz CT molecular complexity index is 686. The van der Waals surface area contributed by atoms with Crippen LogP contribution in [-0.2, 0) is 13.6 Å². The highest BCUT2D eigenvalue weighted by molar-refractivity contribution is 5.25. The molecule has 0 bridgehead atoms. The maximum absolute atomic E-state index is 5.39. The van der Waals surface area contributed by atoms with Gasteiger partial charge in [-0.2, -0.15) is 0 Å². The summed E-state index contributed by atoms with van der Waals surface area (Å²) in [5, 5.41) is 0. The third-order valence-electron chi connectivity index (χ3n) is 5.19. The average Bonchev–Trinajstić information content (AvgIpc) is 3.01. The first-order valence-electron chi connectivity index (χ1n) is 8.93. The van der Waals surface area contributed by atoms with E-state index in [0.717, 1.165) is 31.1 Å². The molecule has 0 amide bonds. The molecule has 0 aromatic carbocycles. The van der Waals surface area contributed by atoms with E-state index in [0.29, 0.717) is 12.0 Å². The summed E-state index contributed by atoms with van der Waals surface area (Å²) < 4.78 is 7.55. The van der Waals surface area contributed by atoms with E-state index in [2.05, 4.69) is 51.5 Å². The molecule has 1 aliphatic heterocycles. The minimum Gasteiger partial charge on any atom is -0.481 e. The van der Waals surface area contributed by atoms with Gasteiger partial charge in [-0.05, 0) is 45.5 Å². The molecule has 1 aliphatic rings. The van der Waals surface area contributed by atoms with Gasteiger partial charge in [0.05, 0.1) is 25.2 Å². The van der Waals surface area contributed by atoms with E-state index in [1.807, 2.05) is 18.6 Å². The molecular formula is C19H29N5O. The van der Waals surface area contributed by atoms with Gasteiger partial charge in [-0.1, -0.05) is 6.07 Å². The fourth-order valence-corrected chi connectivity index (χ4v) is 4.05. The summed E-state index contributed by atoms with van der Waals surface area (Å²) in [6.07, 6.45) is 8.19. The number of methoxy groups -OCH3 is 1. The highest BCUT2D eigenvalue weighted by Crippen LogP contribution is 2.35. The van der Waals surface area contributed by atoms with Crippen LogP contribution in [0.3, 0.4) is 0 Å². The molecule has 3 rings (SSSR count). The molecule has 2 aromatic rings. The van der Waals surface area contributed by atoms with Gasteiger partial charge in [-0.15, -0.1) is 0 Å². The Morgan fingerprint density at radius 2 is 2.20 bits per heavy atom. The third kappa shape index (κ3) is 4.02. The first-order chi connectivity index (χ1) is 12.1. The predicted octanol–water partition coefficient (Wildman–Crippen LogP) is 2.34. The van der Waals surface area contributed by atoms with E-state index in [1.54, 1.807) is 13.3 Å². The molecule has 0 saturated carbocycles. The van der Waals surface area contributed by atoms with Crippen molar-refractivity contribution >= 4 is 0 Å². The second kappa shape index (κ2) is 7.97. The normalized spacial score (nSPS) is 21.6. The van der Waals surface area contributed by atoms with Gasteiger partial charge in [-0.3, -0.25) is 4.90 Å². The van der Waals surface area contributed by atoms with E-state index < -0.39 is 0 Å². The van der Waals surface area contributed by atoms with Crippen LogP contribution < -0.4 is 4.74 Å². The Balaban J connectivity index is 1.72. The lowest BCUT2D eigenvalue weighted by Gasteiger charge is -2.40. The van der Waals surface area contributed by atoms with Crippen molar-refractivity contribution in [3.05, 3.63) is 42.1 Å². The summed E-state index contributed by atoms with van der Waals surface area (Å²) >= 11 is 0. The molecule has 1 saturated heterocycles.